The van der Waals surface area contributed by atoms with Crippen LogP contribution in [0.4, 0.5) is 5.69 Å². The summed E-state index contributed by atoms with van der Waals surface area (Å²) in [6, 6.07) is 14.1. The third-order valence-corrected chi connectivity index (χ3v) is 4.37. The van der Waals surface area contributed by atoms with Crippen molar-refractivity contribution in [2.75, 3.05) is 7.11 Å². The van der Waals surface area contributed by atoms with Crippen molar-refractivity contribution in [2.24, 2.45) is 4.99 Å². The molecule has 0 saturated carbocycles. The van der Waals surface area contributed by atoms with Crippen LogP contribution in [-0.4, -0.2) is 22.9 Å². The second-order valence-electron chi connectivity index (χ2n) is 5.46. The van der Waals surface area contributed by atoms with E-state index in [0.29, 0.717) is 5.88 Å². The molecular formula is C19H18BrN3O. The average Bonchev–Trinajstić information content (AvgIpc) is 2.88. The predicted molar refractivity (Wildman–Crippen MR) is 101 cm³/mol. The topological polar surface area (TPSA) is 39.4 Å². The largest absolute Gasteiger partial charge is 0.481 e. The number of nitrogens with zero attached hydrogens (tertiary/aromatic N) is 3. The number of hydrogen-bond acceptors (Lipinski definition) is 3. The van der Waals surface area contributed by atoms with E-state index in [4.69, 9.17) is 4.74 Å². The highest BCUT2D eigenvalue weighted by molar-refractivity contribution is 9.10. The summed E-state index contributed by atoms with van der Waals surface area (Å²) in [4.78, 5) is 8.68. The fourth-order valence-electron chi connectivity index (χ4n) is 2.62. The standard InChI is InChI=1S/C19H18BrN3O/c1-13-10-15(11-21-17-6-9-19(24-3)22-12-17)14(2)23(13)18-7-4-16(20)5-8-18/h4-12H,1-3H3. The first-order valence-electron chi connectivity index (χ1n) is 7.57. The molecule has 0 aliphatic heterocycles. The minimum Gasteiger partial charge on any atom is -0.481 e. The first-order valence-corrected chi connectivity index (χ1v) is 8.37. The highest BCUT2D eigenvalue weighted by atomic mass is 79.9. The fraction of sp³-hybridized carbons (Fsp3) is 0.158. The van der Waals surface area contributed by atoms with Crippen LogP contribution in [-0.2, 0) is 0 Å². The van der Waals surface area contributed by atoms with Crippen LogP contribution in [0.5, 0.6) is 5.88 Å². The summed E-state index contributed by atoms with van der Waals surface area (Å²) in [6.45, 7) is 4.20. The minimum atomic E-state index is 0.586. The molecule has 122 valence electrons. The van der Waals surface area contributed by atoms with E-state index >= 15 is 0 Å². The Labute approximate surface area is 150 Å². The van der Waals surface area contributed by atoms with Gasteiger partial charge in [0.25, 0.3) is 0 Å². The van der Waals surface area contributed by atoms with Gasteiger partial charge >= 0.3 is 0 Å². The summed E-state index contributed by atoms with van der Waals surface area (Å²) < 4.78 is 8.35. The van der Waals surface area contributed by atoms with Gasteiger partial charge in [-0.2, -0.15) is 0 Å². The molecule has 5 heteroatoms. The third-order valence-electron chi connectivity index (χ3n) is 3.84. The molecule has 2 aromatic heterocycles. The molecule has 0 atom stereocenters. The highest BCUT2D eigenvalue weighted by Crippen LogP contribution is 2.22. The number of ether oxygens (including phenoxy) is 1. The molecule has 0 aliphatic carbocycles. The van der Waals surface area contributed by atoms with Crippen molar-refractivity contribution < 1.29 is 4.74 Å². The summed E-state index contributed by atoms with van der Waals surface area (Å²) in [5.41, 5.74) is 5.35. The van der Waals surface area contributed by atoms with Crippen molar-refractivity contribution in [2.45, 2.75) is 13.8 Å². The van der Waals surface area contributed by atoms with Crippen LogP contribution < -0.4 is 4.74 Å². The van der Waals surface area contributed by atoms with Crippen LogP contribution in [0, 0.1) is 13.8 Å². The van der Waals surface area contributed by atoms with Crippen LogP contribution in [0.25, 0.3) is 5.69 Å². The fourth-order valence-corrected chi connectivity index (χ4v) is 2.88. The van der Waals surface area contributed by atoms with E-state index in [2.05, 4.69) is 62.5 Å². The second kappa shape index (κ2) is 7.01. The molecule has 0 fully saturated rings. The maximum Gasteiger partial charge on any atom is 0.213 e. The van der Waals surface area contributed by atoms with Crippen molar-refractivity contribution >= 4 is 27.8 Å². The summed E-state index contributed by atoms with van der Waals surface area (Å²) in [6.07, 6.45) is 3.57. The molecule has 0 amide bonds. The lowest BCUT2D eigenvalue weighted by Crippen LogP contribution is -1.99. The van der Waals surface area contributed by atoms with E-state index < -0.39 is 0 Å². The molecule has 1 aromatic carbocycles. The zero-order valence-corrected chi connectivity index (χ0v) is 15.4. The molecule has 0 aliphatic rings. The Morgan fingerprint density at radius 1 is 1.12 bits per heavy atom. The number of methoxy groups -OCH3 is 1. The lowest BCUT2D eigenvalue weighted by molar-refractivity contribution is 0.398. The number of halogens is 1. The second-order valence-corrected chi connectivity index (χ2v) is 6.37. The Balaban J connectivity index is 1.90. The van der Waals surface area contributed by atoms with Gasteiger partial charge < -0.3 is 9.30 Å². The maximum absolute atomic E-state index is 5.06. The number of hydrogen-bond donors (Lipinski definition) is 0. The molecule has 0 radical (unpaired) electrons. The van der Waals surface area contributed by atoms with E-state index in [-0.39, 0.29) is 0 Å². The number of rotatable bonds is 4. The molecular weight excluding hydrogens is 366 g/mol. The SMILES string of the molecule is COc1ccc(N=Cc2cc(C)n(-c3ccc(Br)cc3)c2C)cn1. The number of pyridine rings is 1. The molecule has 0 saturated heterocycles. The van der Waals surface area contributed by atoms with Crippen molar-refractivity contribution in [3.05, 3.63) is 70.1 Å². The van der Waals surface area contributed by atoms with Gasteiger partial charge in [-0.15, -0.1) is 0 Å². The van der Waals surface area contributed by atoms with Crippen molar-refractivity contribution in [3.8, 4) is 11.6 Å². The zero-order valence-electron chi connectivity index (χ0n) is 13.8. The summed E-state index contributed by atoms with van der Waals surface area (Å²) in [5.74, 6) is 0.586. The first kappa shape index (κ1) is 16.5. The van der Waals surface area contributed by atoms with Gasteiger partial charge in [0, 0.05) is 39.4 Å². The van der Waals surface area contributed by atoms with Crippen LogP contribution in [0.2, 0.25) is 0 Å². The molecule has 0 spiro atoms. The van der Waals surface area contributed by atoms with E-state index in [1.54, 1.807) is 19.4 Å². The first-order chi connectivity index (χ1) is 11.6. The Morgan fingerprint density at radius 2 is 1.88 bits per heavy atom. The number of aliphatic imine (C=N–C) groups is 1. The van der Waals surface area contributed by atoms with E-state index in [1.807, 2.05) is 24.4 Å². The predicted octanol–water partition coefficient (Wildman–Crippen LogP) is 5.01. The lowest BCUT2D eigenvalue weighted by Gasteiger charge is -2.09. The molecule has 3 rings (SSSR count). The van der Waals surface area contributed by atoms with Crippen LogP contribution >= 0.6 is 15.9 Å². The van der Waals surface area contributed by atoms with Crippen LogP contribution in [0.1, 0.15) is 17.0 Å². The quantitative estimate of drug-likeness (QED) is 0.593. The van der Waals surface area contributed by atoms with Crippen LogP contribution in [0.15, 0.2) is 58.1 Å². The molecule has 0 bridgehead atoms. The number of aryl methyl sites for hydroxylation is 1. The normalized spacial score (nSPS) is 11.2. The molecule has 2 heterocycles. The van der Waals surface area contributed by atoms with Crippen LogP contribution in [0.3, 0.4) is 0 Å². The van der Waals surface area contributed by atoms with Crippen molar-refractivity contribution in [3.63, 3.8) is 0 Å². The van der Waals surface area contributed by atoms with E-state index in [9.17, 15) is 0 Å². The van der Waals surface area contributed by atoms with Crippen molar-refractivity contribution in [1.82, 2.24) is 9.55 Å². The van der Waals surface area contributed by atoms with Gasteiger partial charge in [-0.3, -0.25) is 4.99 Å². The smallest absolute Gasteiger partial charge is 0.213 e. The molecule has 4 nitrogen and oxygen atoms in total. The number of aromatic nitrogens is 2. The Hall–Kier alpha value is -2.40. The monoisotopic (exact) mass is 383 g/mol. The maximum atomic E-state index is 5.06. The van der Waals surface area contributed by atoms with Gasteiger partial charge in [-0.05, 0) is 50.2 Å². The summed E-state index contributed by atoms with van der Waals surface area (Å²) >= 11 is 3.48. The third kappa shape index (κ3) is 3.41. The molecule has 3 aromatic rings. The lowest BCUT2D eigenvalue weighted by atomic mass is 10.2. The molecule has 0 N–H and O–H groups in total. The Kier molecular flexibility index (Phi) is 4.81. The van der Waals surface area contributed by atoms with E-state index in [0.717, 1.165) is 27.1 Å². The van der Waals surface area contributed by atoms with Crippen molar-refractivity contribution in [1.29, 1.82) is 0 Å². The Bertz CT molecular complexity index is 865. The van der Waals surface area contributed by atoms with Gasteiger partial charge in [-0.25, -0.2) is 4.98 Å². The van der Waals surface area contributed by atoms with Gasteiger partial charge in [0.05, 0.1) is 19.0 Å². The van der Waals surface area contributed by atoms with Gasteiger partial charge in [-0.1, -0.05) is 15.9 Å². The molecule has 24 heavy (non-hydrogen) atoms. The average molecular weight is 384 g/mol. The van der Waals surface area contributed by atoms with Gasteiger partial charge in [0.15, 0.2) is 0 Å². The zero-order chi connectivity index (χ0) is 17.1. The van der Waals surface area contributed by atoms with E-state index in [1.165, 1.54) is 5.69 Å². The van der Waals surface area contributed by atoms with Gasteiger partial charge in [0.2, 0.25) is 5.88 Å². The van der Waals surface area contributed by atoms with Gasteiger partial charge in [0.1, 0.15) is 0 Å². The minimum absolute atomic E-state index is 0.586. The number of benzene rings is 1. The summed E-state index contributed by atoms with van der Waals surface area (Å²) in [5, 5.41) is 0. The highest BCUT2D eigenvalue weighted by Gasteiger charge is 2.09. The molecule has 0 unspecified atom stereocenters. The Morgan fingerprint density at radius 3 is 2.50 bits per heavy atom. The summed E-state index contributed by atoms with van der Waals surface area (Å²) in [7, 11) is 1.60.